The molecule has 0 aromatic carbocycles. The molecule has 1 aliphatic heterocycles. The van der Waals surface area contributed by atoms with Gasteiger partial charge < -0.3 is 20.1 Å². The molecule has 0 spiro atoms. The molecule has 106 valence electrons. The molecular formula is C12H21N5O2. The van der Waals surface area contributed by atoms with Gasteiger partial charge in [0.25, 0.3) is 0 Å². The van der Waals surface area contributed by atoms with Crippen molar-refractivity contribution in [3.05, 3.63) is 0 Å². The average Bonchev–Trinajstić information content (AvgIpc) is 2.90. The summed E-state index contributed by atoms with van der Waals surface area (Å²) in [6.45, 7) is 6.72. The Morgan fingerprint density at radius 3 is 2.63 bits per heavy atom. The summed E-state index contributed by atoms with van der Waals surface area (Å²) in [5, 5.41) is 6.24. The van der Waals surface area contributed by atoms with Gasteiger partial charge >= 0.3 is 6.01 Å². The maximum atomic E-state index is 5.55. The van der Waals surface area contributed by atoms with E-state index < -0.39 is 0 Å². The lowest BCUT2D eigenvalue weighted by atomic mass is 10.2. The monoisotopic (exact) mass is 267 g/mol. The Morgan fingerprint density at radius 2 is 2.00 bits per heavy atom. The van der Waals surface area contributed by atoms with Crippen molar-refractivity contribution in [2.45, 2.75) is 32.8 Å². The Hall–Kier alpha value is -1.63. The lowest BCUT2D eigenvalue weighted by Crippen LogP contribution is -2.20. The molecule has 0 saturated carbocycles. The van der Waals surface area contributed by atoms with Gasteiger partial charge in [-0.2, -0.15) is 15.0 Å². The van der Waals surface area contributed by atoms with E-state index in [0.29, 0.717) is 31.1 Å². The largest absolute Gasteiger partial charge is 0.464 e. The predicted molar refractivity (Wildman–Crippen MR) is 72.6 cm³/mol. The Balaban J connectivity index is 1.99. The Kier molecular flexibility index (Phi) is 5.14. The molecule has 1 aromatic heterocycles. The van der Waals surface area contributed by atoms with Gasteiger partial charge in [0, 0.05) is 19.7 Å². The van der Waals surface area contributed by atoms with Crippen LogP contribution in [0, 0.1) is 0 Å². The van der Waals surface area contributed by atoms with Crippen LogP contribution in [0.2, 0.25) is 0 Å². The molecule has 0 bridgehead atoms. The second kappa shape index (κ2) is 7.08. The van der Waals surface area contributed by atoms with Crippen molar-refractivity contribution in [3.8, 4) is 6.01 Å². The topological polar surface area (TPSA) is 81.2 Å². The molecule has 0 radical (unpaired) electrons. The third-order valence-corrected chi connectivity index (χ3v) is 2.74. The normalized spacial score (nSPS) is 18.3. The third-order valence-electron chi connectivity index (χ3n) is 2.74. The van der Waals surface area contributed by atoms with Crippen LogP contribution in [0.1, 0.15) is 26.7 Å². The Morgan fingerprint density at radius 1 is 1.21 bits per heavy atom. The minimum atomic E-state index is 0.245. The van der Waals surface area contributed by atoms with Crippen LogP contribution in [0.3, 0.4) is 0 Å². The summed E-state index contributed by atoms with van der Waals surface area (Å²) in [5.74, 6) is 1.04. The number of hydrogen-bond donors (Lipinski definition) is 2. The van der Waals surface area contributed by atoms with Crippen LogP contribution in [0.25, 0.3) is 0 Å². The first-order chi connectivity index (χ1) is 9.31. The number of rotatable bonds is 7. The minimum Gasteiger partial charge on any atom is -0.464 e. The number of ether oxygens (including phenoxy) is 2. The first-order valence-electron chi connectivity index (χ1n) is 6.80. The van der Waals surface area contributed by atoms with E-state index in [-0.39, 0.29) is 6.10 Å². The van der Waals surface area contributed by atoms with Gasteiger partial charge in [-0.1, -0.05) is 0 Å². The molecule has 2 heterocycles. The van der Waals surface area contributed by atoms with Gasteiger partial charge in [0.2, 0.25) is 11.9 Å². The molecule has 2 rings (SSSR count). The molecule has 2 N–H and O–H groups in total. The van der Waals surface area contributed by atoms with Crippen LogP contribution in [0.5, 0.6) is 6.01 Å². The number of nitrogens with zero attached hydrogens (tertiary/aromatic N) is 3. The molecular weight excluding hydrogens is 246 g/mol. The zero-order chi connectivity index (χ0) is 13.5. The molecule has 19 heavy (non-hydrogen) atoms. The van der Waals surface area contributed by atoms with E-state index in [0.717, 1.165) is 26.0 Å². The number of aromatic nitrogens is 3. The second-order valence-electron chi connectivity index (χ2n) is 4.24. The van der Waals surface area contributed by atoms with E-state index in [1.54, 1.807) is 0 Å². The van der Waals surface area contributed by atoms with Crippen molar-refractivity contribution in [1.82, 2.24) is 15.0 Å². The zero-order valence-corrected chi connectivity index (χ0v) is 11.5. The molecule has 7 nitrogen and oxygen atoms in total. The molecule has 1 atom stereocenters. The summed E-state index contributed by atoms with van der Waals surface area (Å²) >= 11 is 0. The fourth-order valence-electron chi connectivity index (χ4n) is 1.88. The first kappa shape index (κ1) is 13.8. The fraction of sp³-hybridized carbons (Fsp3) is 0.750. The Bertz CT molecular complexity index is 371. The lowest BCUT2D eigenvalue weighted by Gasteiger charge is -2.12. The Labute approximate surface area is 113 Å². The highest BCUT2D eigenvalue weighted by atomic mass is 16.5. The molecule has 1 aromatic rings. The second-order valence-corrected chi connectivity index (χ2v) is 4.24. The van der Waals surface area contributed by atoms with Crippen molar-refractivity contribution in [2.24, 2.45) is 0 Å². The predicted octanol–water partition coefficient (Wildman–Crippen LogP) is 1.29. The van der Waals surface area contributed by atoms with Gasteiger partial charge in [0.15, 0.2) is 0 Å². The van der Waals surface area contributed by atoms with E-state index in [4.69, 9.17) is 9.47 Å². The van der Waals surface area contributed by atoms with Crippen LogP contribution < -0.4 is 15.4 Å². The highest BCUT2D eigenvalue weighted by Gasteiger charge is 2.16. The molecule has 0 amide bonds. The van der Waals surface area contributed by atoms with Crippen molar-refractivity contribution < 1.29 is 9.47 Å². The highest BCUT2D eigenvalue weighted by Crippen LogP contribution is 2.14. The van der Waals surface area contributed by atoms with E-state index in [9.17, 15) is 0 Å². The van der Waals surface area contributed by atoms with E-state index >= 15 is 0 Å². The molecule has 7 heteroatoms. The number of anilines is 2. The van der Waals surface area contributed by atoms with E-state index in [2.05, 4.69) is 25.6 Å². The maximum absolute atomic E-state index is 5.55. The van der Waals surface area contributed by atoms with E-state index in [1.807, 2.05) is 13.8 Å². The van der Waals surface area contributed by atoms with Gasteiger partial charge in [-0.3, -0.25) is 0 Å². The maximum Gasteiger partial charge on any atom is 0.323 e. The van der Waals surface area contributed by atoms with Gasteiger partial charge in [0.1, 0.15) is 0 Å². The fourth-order valence-corrected chi connectivity index (χ4v) is 1.88. The summed E-state index contributed by atoms with van der Waals surface area (Å²) in [6, 6.07) is 0.336. The smallest absolute Gasteiger partial charge is 0.323 e. The highest BCUT2D eigenvalue weighted by molar-refractivity contribution is 5.35. The molecule has 1 saturated heterocycles. The summed E-state index contributed by atoms with van der Waals surface area (Å²) < 4.78 is 10.9. The lowest BCUT2D eigenvalue weighted by molar-refractivity contribution is 0.120. The van der Waals surface area contributed by atoms with Gasteiger partial charge in [0.05, 0.1) is 12.7 Å². The van der Waals surface area contributed by atoms with Crippen molar-refractivity contribution in [3.63, 3.8) is 0 Å². The first-order valence-corrected chi connectivity index (χ1v) is 6.80. The third kappa shape index (κ3) is 4.20. The van der Waals surface area contributed by atoms with Crippen molar-refractivity contribution in [1.29, 1.82) is 0 Å². The summed E-state index contributed by atoms with van der Waals surface area (Å²) in [6.07, 6.45) is 2.45. The van der Waals surface area contributed by atoms with Gasteiger partial charge in [-0.05, 0) is 26.7 Å². The molecule has 0 aliphatic carbocycles. The quantitative estimate of drug-likeness (QED) is 0.770. The molecule has 1 aliphatic rings. The van der Waals surface area contributed by atoms with Crippen LogP contribution in [-0.2, 0) is 4.74 Å². The SMILES string of the molecule is CCNc1nc(NCC2CCCO2)nc(OCC)n1. The zero-order valence-electron chi connectivity index (χ0n) is 11.5. The van der Waals surface area contributed by atoms with Crippen molar-refractivity contribution in [2.75, 3.05) is 36.9 Å². The molecule has 1 unspecified atom stereocenters. The van der Waals surface area contributed by atoms with E-state index in [1.165, 1.54) is 0 Å². The average molecular weight is 267 g/mol. The summed E-state index contributed by atoms with van der Waals surface area (Å²) in [5.41, 5.74) is 0. The van der Waals surface area contributed by atoms with Crippen LogP contribution in [-0.4, -0.2) is 47.4 Å². The standard InChI is InChI=1S/C12H21N5O2/c1-3-13-10-15-11(17-12(16-10)18-4-2)14-8-9-6-5-7-19-9/h9H,3-8H2,1-2H3,(H2,13,14,15,16,17). The van der Waals surface area contributed by atoms with Crippen LogP contribution in [0.15, 0.2) is 0 Å². The number of nitrogens with one attached hydrogen (secondary N) is 2. The van der Waals surface area contributed by atoms with Gasteiger partial charge in [-0.25, -0.2) is 0 Å². The summed E-state index contributed by atoms with van der Waals surface area (Å²) in [7, 11) is 0. The number of hydrogen-bond acceptors (Lipinski definition) is 7. The minimum absolute atomic E-state index is 0.245. The van der Waals surface area contributed by atoms with Crippen molar-refractivity contribution >= 4 is 11.9 Å². The molecule has 1 fully saturated rings. The van der Waals surface area contributed by atoms with Gasteiger partial charge in [-0.15, -0.1) is 0 Å². The summed E-state index contributed by atoms with van der Waals surface area (Å²) in [4.78, 5) is 12.7. The van der Waals surface area contributed by atoms with Crippen LogP contribution in [0.4, 0.5) is 11.9 Å². The van der Waals surface area contributed by atoms with Crippen LogP contribution >= 0.6 is 0 Å².